The number of urea groups is 1. The molecule has 2 fully saturated rings. The van der Waals surface area contributed by atoms with Crippen molar-refractivity contribution in [2.45, 2.75) is 18.9 Å². The summed E-state index contributed by atoms with van der Waals surface area (Å²) in [5.74, 6) is 0.438. The van der Waals surface area contributed by atoms with Gasteiger partial charge in [0.1, 0.15) is 0 Å². The first kappa shape index (κ1) is 12.3. The van der Waals surface area contributed by atoms with Crippen LogP contribution in [0.15, 0.2) is 0 Å². The molecular weight excluding hydrogens is 220 g/mol. The highest BCUT2D eigenvalue weighted by Crippen LogP contribution is 2.25. The lowest BCUT2D eigenvalue weighted by Crippen LogP contribution is -2.50. The van der Waals surface area contributed by atoms with Crippen LogP contribution >= 0.6 is 0 Å². The number of hydrogen-bond donors (Lipinski definition) is 3. The molecule has 0 aromatic rings. The van der Waals surface area contributed by atoms with Crippen LogP contribution in [0.25, 0.3) is 0 Å². The highest BCUT2D eigenvalue weighted by molar-refractivity contribution is 5.95. The number of nitrogens with one attached hydrogen (secondary N) is 3. The molecule has 2 atom stereocenters. The highest BCUT2D eigenvalue weighted by atomic mass is 16.2. The van der Waals surface area contributed by atoms with Crippen molar-refractivity contribution >= 4 is 11.9 Å². The topological polar surface area (TPSA) is 73.5 Å². The largest absolute Gasteiger partial charge is 0.341 e. The standard InChI is InChI=1S/C11H20N4O2/c1-12-11(17)14-10(16)7-15-4-2-3-8-5-13-6-9(8)15/h8-9,13H,2-7H2,1H3,(H2,12,14,16,17). The van der Waals surface area contributed by atoms with Crippen LogP contribution in [0.5, 0.6) is 0 Å². The van der Waals surface area contributed by atoms with Gasteiger partial charge >= 0.3 is 6.03 Å². The summed E-state index contributed by atoms with van der Waals surface area (Å²) in [6, 6.07) is 0.0206. The molecule has 2 saturated heterocycles. The maximum Gasteiger partial charge on any atom is 0.321 e. The lowest BCUT2D eigenvalue weighted by Gasteiger charge is -2.36. The number of hydrogen-bond acceptors (Lipinski definition) is 4. The van der Waals surface area contributed by atoms with Crippen LogP contribution in [0.2, 0.25) is 0 Å². The zero-order valence-electron chi connectivity index (χ0n) is 10.2. The summed E-state index contributed by atoms with van der Waals surface area (Å²) >= 11 is 0. The second-order valence-corrected chi connectivity index (χ2v) is 4.73. The molecular formula is C11H20N4O2. The molecule has 0 saturated carbocycles. The smallest absolute Gasteiger partial charge is 0.321 e. The van der Waals surface area contributed by atoms with Gasteiger partial charge in [0.2, 0.25) is 5.91 Å². The first-order valence-electron chi connectivity index (χ1n) is 6.17. The number of carbonyl (C=O) groups is 2. The van der Waals surface area contributed by atoms with E-state index in [0.29, 0.717) is 18.5 Å². The van der Waals surface area contributed by atoms with Gasteiger partial charge in [-0.1, -0.05) is 0 Å². The molecule has 0 bridgehead atoms. The number of likely N-dealkylation sites (tertiary alicyclic amines) is 1. The van der Waals surface area contributed by atoms with Crippen LogP contribution < -0.4 is 16.0 Å². The maximum absolute atomic E-state index is 11.6. The number of rotatable bonds is 2. The Kier molecular flexibility index (Phi) is 3.96. The third kappa shape index (κ3) is 2.95. The van der Waals surface area contributed by atoms with E-state index < -0.39 is 6.03 Å². The molecule has 2 unspecified atom stereocenters. The molecule has 0 radical (unpaired) electrons. The Morgan fingerprint density at radius 3 is 3.00 bits per heavy atom. The van der Waals surface area contributed by atoms with E-state index in [0.717, 1.165) is 26.1 Å². The van der Waals surface area contributed by atoms with Crippen LogP contribution in [0, 0.1) is 5.92 Å². The van der Waals surface area contributed by atoms with Gasteiger partial charge < -0.3 is 10.6 Å². The summed E-state index contributed by atoms with van der Waals surface area (Å²) in [5.41, 5.74) is 0. The summed E-state index contributed by atoms with van der Waals surface area (Å²) in [7, 11) is 1.50. The number of imide groups is 1. The quantitative estimate of drug-likeness (QED) is 0.586. The van der Waals surface area contributed by atoms with E-state index >= 15 is 0 Å². The fourth-order valence-electron chi connectivity index (χ4n) is 2.77. The average molecular weight is 240 g/mol. The van der Waals surface area contributed by atoms with E-state index in [-0.39, 0.29) is 5.91 Å². The number of carbonyl (C=O) groups excluding carboxylic acids is 2. The molecule has 0 aromatic carbocycles. The number of amides is 3. The van der Waals surface area contributed by atoms with Crippen LogP contribution in [0.1, 0.15) is 12.8 Å². The van der Waals surface area contributed by atoms with Crippen molar-refractivity contribution in [3.05, 3.63) is 0 Å². The number of nitrogens with zero attached hydrogens (tertiary/aromatic N) is 1. The predicted octanol–water partition coefficient (Wildman–Crippen LogP) is -0.874. The van der Waals surface area contributed by atoms with Crippen molar-refractivity contribution in [2.75, 3.05) is 33.2 Å². The molecule has 3 amide bonds. The van der Waals surface area contributed by atoms with Gasteiger partial charge in [-0.3, -0.25) is 15.0 Å². The van der Waals surface area contributed by atoms with Gasteiger partial charge in [0.05, 0.1) is 6.54 Å². The second kappa shape index (κ2) is 5.46. The fraction of sp³-hybridized carbons (Fsp3) is 0.818. The Hall–Kier alpha value is -1.14. The van der Waals surface area contributed by atoms with Gasteiger partial charge in [-0.2, -0.15) is 0 Å². The summed E-state index contributed by atoms with van der Waals surface area (Å²) in [4.78, 5) is 24.8. The minimum Gasteiger partial charge on any atom is -0.341 e. The highest BCUT2D eigenvalue weighted by Gasteiger charge is 2.35. The van der Waals surface area contributed by atoms with E-state index in [9.17, 15) is 9.59 Å². The molecule has 6 nitrogen and oxygen atoms in total. The molecule has 0 spiro atoms. The Morgan fingerprint density at radius 1 is 1.41 bits per heavy atom. The van der Waals surface area contributed by atoms with Gasteiger partial charge in [-0.15, -0.1) is 0 Å². The molecule has 2 aliphatic heterocycles. The summed E-state index contributed by atoms with van der Waals surface area (Å²) in [6.45, 7) is 3.27. The average Bonchev–Trinajstić information content (AvgIpc) is 2.78. The molecule has 3 N–H and O–H groups in total. The maximum atomic E-state index is 11.6. The lowest BCUT2D eigenvalue weighted by molar-refractivity contribution is -0.122. The second-order valence-electron chi connectivity index (χ2n) is 4.73. The van der Waals surface area contributed by atoms with Crippen LogP contribution in [-0.4, -0.2) is 56.1 Å². The normalized spacial score (nSPS) is 28.5. The summed E-state index contributed by atoms with van der Waals surface area (Å²) < 4.78 is 0. The van der Waals surface area contributed by atoms with E-state index in [1.165, 1.54) is 13.5 Å². The Bertz CT molecular complexity index is 308. The van der Waals surface area contributed by atoms with E-state index in [2.05, 4.69) is 20.9 Å². The first-order valence-corrected chi connectivity index (χ1v) is 6.17. The van der Waals surface area contributed by atoms with Crippen LogP contribution in [0.3, 0.4) is 0 Å². The minimum atomic E-state index is -0.437. The van der Waals surface area contributed by atoms with Crippen molar-refractivity contribution < 1.29 is 9.59 Å². The molecule has 96 valence electrons. The van der Waals surface area contributed by atoms with Gasteiger partial charge in [0.15, 0.2) is 0 Å². The molecule has 2 heterocycles. The van der Waals surface area contributed by atoms with Gasteiger partial charge in [0, 0.05) is 19.6 Å². The van der Waals surface area contributed by atoms with Crippen molar-refractivity contribution in [3.8, 4) is 0 Å². The number of piperidine rings is 1. The van der Waals surface area contributed by atoms with Gasteiger partial charge in [0.25, 0.3) is 0 Å². The van der Waals surface area contributed by atoms with Crippen molar-refractivity contribution in [1.82, 2.24) is 20.9 Å². The van der Waals surface area contributed by atoms with Crippen LogP contribution in [-0.2, 0) is 4.79 Å². The minimum absolute atomic E-state index is 0.225. The molecule has 2 rings (SSSR count). The van der Waals surface area contributed by atoms with Crippen molar-refractivity contribution in [1.29, 1.82) is 0 Å². The zero-order chi connectivity index (χ0) is 12.3. The number of fused-ring (bicyclic) bond motifs is 1. The van der Waals surface area contributed by atoms with Gasteiger partial charge in [-0.05, 0) is 31.8 Å². The van der Waals surface area contributed by atoms with E-state index in [4.69, 9.17) is 0 Å². The third-order valence-electron chi connectivity index (χ3n) is 3.62. The molecule has 6 heteroatoms. The predicted molar refractivity (Wildman–Crippen MR) is 63.6 cm³/mol. The van der Waals surface area contributed by atoms with Gasteiger partial charge in [-0.25, -0.2) is 4.79 Å². The molecule has 2 aliphatic rings. The fourth-order valence-corrected chi connectivity index (χ4v) is 2.77. The zero-order valence-corrected chi connectivity index (χ0v) is 10.2. The van der Waals surface area contributed by atoms with E-state index in [1.54, 1.807) is 0 Å². The van der Waals surface area contributed by atoms with Crippen molar-refractivity contribution in [3.63, 3.8) is 0 Å². The summed E-state index contributed by atoms with van der Waals surface area (Å²) in [6.07, 6.45) is 2.38. The Labute approximate surface area is 101 Å². The monoisotopic (exact) mass is 240 g/mol. The first-order chi connectivity index (χ1) is 8.20. The van der Waals surface area contributed by atoms with E-state index in [1.807, 2.05) is 0 Å². The van der Waals surface area contributed by atoms with Crippen LogP contribution in [0.4, 0.5) is 4.79 Å². The molecule has 0 aliphatic carbocycles. The Balaban J connectivity index is 1.85. The molecule has 17 heavy (non-hydrogen) atoms. The lowest BCUT2D eigenvalue weighted by atomic mass is 9.92. The Morgan fingerprint density at radius 2 is 2.24 bits per heavy atom. The summed E-state index contributed by atoms with van der Waals surface area (Å²) in [5, 5.41) is 8.05. The molecule has 0 aromatic heterocycles. The van der Waals surface area contributed by atoms with Crippen molar-refractivity contribution in [2.24, 2.45) is 5.92 Å². The SMILES string of the molecule is CNC(=O)NC(=O)CN1CCCC2CNCC21. The third-order valence-corrected chi connectivity index (χ3v) is 3.62.